The van der Waals surface area contributed by atoms with Gasteiger partial charge >= 0.3 is 5.69 Å². The molecular formula is C17H13IN4O. The zero-order valence-corrected chi connectivity index (χ0v) is 14.6. The Hall–Kier alpha value is -2.22. The lowest BCUT2D eigenvalue weighted by atomic mass is 10.0. The van der Waals surface area contributed by atoms with Gasteiger partial charge in [0.2, 0.25) is 0 Å². The summed E-state index contributed by atoms with van der Waals surface area (Å²) in [4.78, 5) is 17.2. The highest BCUT2D eigenvalue weighted by atomic mass is 127. The van der Waals surface area contributed by atoms with E-state index in [1.54, 1.807) is 11.6 Å². The second-order valence-electron chi connectivity index (χ2n) is 5.35. The fraction of sp³-hybridized carbons (Fsp3) is 0.118. The molecule has 5 nitrogen and oxygen atoms in total. The van der Waals surface area contributed by atoms with Crippen LogP contribution in [-0.4, -0.2) is 20.1 Å². The van der Waals surface area contributed by atoms with Crippen molar-refractivity contribution in [3.8, 4) is 5.69 Å². The molecule has 0 spiro atoms. The Balaban J connectivity index is 2.04. The minimum Gasteiger partial charge on any atom is -0.276 e. The number of aliphatic imine (C=N–C) groups is 1. The highest BCUT2D eigenvalue weighted by Gasteiger charge is 2.22. The van der Waals surface area contributed by atoms with Gasteiger partial charge in [-0.25, -0.2) is 14.0 Å². The number of benzene rings is 2. The van der Waals surface area contributed by atoms with Gasteiger partial charge in [-0.2, -0.15) is 5.10 Å². The molecule has 0 aliphatic carbocycles. The van der Waals surface area contributed by atoms with Crippen molar-refractivity contribution in [3.63, 3.8) is 0 Å². The first-order valence-corrected chi connectivity index (χ1v) is 8.28. The zero-order chi connectivity index (χ0) is 16.0. The van der Waals surface area contributed by atoms with Crippen molar-refractivity contribution >= 4 is 28.3 Å². The largest absolute Gasteiger partial charge is 0.350 e. The van der Waals surface area contributed by atoms with Crippen LogP contribution >= 0.6 is 22.6 Å². The van der Waals surface area contributed by atoms with Crippen molar-refractivity contribution in [1.82, 2.24) is 14.3 Å². The van der Waals surface area contributed by atoms with E-state index in [1.165, 1.54) is 4.68 Å². The normalized spacial score (nSPS) is 13.0. The second kappa shape index (κ2) is 5.45. The van der Waals surface area contributed by atoms with Crippen LogP contribution in [0.4, 0.5) is 0 Å². The second-order valence-corrected chi connectivity index (χ2v) is 6.60. The Morgan fingerprint density at radius 2 is 1.91 bits per heavy atom. The molecule has 0 fully saturated rings. The van der Waals surface area contributed by atoms with E-state index in [0.29, 0.717) is 12.4 Å². The fourth-order valence-corrected chi connectivity index (χ4v) is 3.32. The first-order chi connectivity index (χ1) is 11.1. The number of aryl methyl sites for hydroxylation is 1. The molecule has 0 bridgehead atoms. The average Bonchev–Trinajstić information content (AvgIpc) is 2.75. The van der Waals surface area contributed by atoms with Crippen LogP contribution in [0.5, 0.6) is 0 Å². The van der Waals surface area contributed by atoms with E-state index in [2.05, 4.69) is 33.8 Å². The summed E-state index contributed by atoms with van der Waals surface area (Å²) in [6, 6.07) is 16.1. The third-order valence-electron chi connectivity index (χ3n) is 3.87. The lowest BCUT2D eigenvalue weighted by Gasteiger charge is -2.11. The van der Waals surface area contributed by atoms with Gasteiger partial charge in [0.25, 0.3) is 0 Å². The van der Waals surface area contributed by atoms with Crippen molar-refractivity contribution in [3.05, 3.63) is 79.5 Å². The van der Waals surface area contributed by atoms with Gasteiger partial charge in [-0.1, -0.05) is 30.3 Å². The number of rotatable bonds is 1. The van der Waals surface area contributed by atoms with Crippen molar-refractivity contribution < 1.29 is 0 Å². The lowest BCUT2D eigenvalue weighted by Crippen LogP contribution is -2.23. The van der Waals surface area contributed by atoms with E-state index in [9.17, 15) is 4.79 Å². The molecule has 0 saturated heterocycles. The molecular weight excluding hydrogens is 403 g/mol. The Labute approximate surface area is 146 Å². The van der Waals surface area contributed by atoms with Crippen LogP contribution in [-0.2, 0) is 13.6 Å². The van der Waals surface area contributed by atoms with E-state index >= 15 is 0 Å². The maximum atomic E-state index is 12.5. The monoisotopic (exact) mass is 416 g/mol. The van der Waals surface area contributed by atoms with Gasteiger partial charge in [-0.3, -0.25) is 4.99 Å². The molecule has 2 aromatic carbocycles. The van der Waals surface area contributed by atoms with Crippen molar-refractivity contribution in [2.45, 2.75) is 6.54 Å². The number of halogens is 1. The first kappa shape index (κ1) is 14.4. The molecule has 4 rings (SSSR count). The first-order valence-electron chi connectivity index (χ1n) is 7.20. The van der Waals surface area contributed by atoms with Crippen LogP contribution in [0, 0.1) is 3.57 Å². The summed E-state index contributed by atoms with van der Waals surface area (Å²) in [5.74, 6) is 0.658. The van der Waals surface area contributed by atoms with E-state index < -0.39 is 0 Å². The summed E-state index contributed by atoms with van der Waals surface area (Å²) in [5, 5.41) is 4.32. The Kier molecular flexibility index (Phi) is 3.41. The molecule has 0 amide bonds. The smallest absolute Gasteiger partial charge is 0.276 e. The predicted octanol–water partition coefficient (Wildman–Crippen LogP) is 2.53. The third-order valence-corrected chi connectivity index (χ3v) is 4.54. The predicted molar refractivity (Wildman–Crippen MR) is 97.3 cm³/mol. The molecule has 2 heterocycles. The molecule has 0 saturated carbocycles. The SMILES string of the molecule is Cn1nc2n(c1=O)-c1ccc(I)cc1C(c1ccccc1)=NC2. The van der Waals surface area contributed by atoms with Gasteiger partial charge in [-0.05, 0) is 40.8 Å². The topological polar surface area (TPSA) is 52.2 Å². The van der Waals surface area contributed by atoms with E-state index in [1.807, 2.05) is 42.5 Å². The van der Waals surface area contributed by atoms with Crippen LogP contribution in [0.2, 0.25) is 0 Å². The van der Waals surface area contributed by atoms with Crippen LogP contribution in [0.15, 0.2) is 58.3 Å². The quantitative estimate of drug-likeness (QED) is 0.573. The highest BCUT2D eigenvalue weighted by Crippen LogP contribution is 2.25. The minimum atomic E-state index is -0.146. The molecule has 0 radical (unpaired) electrons. The Morgan fingerprint density at radius 3 is 2.70 bits per heavy atom. The highest BCUT2D eigenvalue weighted by molar-refractivity contribution is 14.1. The van der Waals surface area contributed by atoms with Crippen molar-refractivity contribution in [1.29, 1.82) is 0 Å². The summed E-state index contributed by atoms with van der Waals surface area (Å²) in [6.45, 7) is 0.381. The van der Waals surface area contributed by atoms with Crippen molar-refractivity contribution in [2.24, 2.45) is 12.0 Å². The number of hydrogen-bond donors (Lipinski definition) is 0. The molecule has 0 N–H and O–H groups in total. The number of fused-ring (bicyclic) bond motifs is 3. The van der Waals surface area contributed by atoms with E-state index in [4.69, 9.17) is 4.99 Å². The zero-order valence-electron chi connectivity index (χ0n) is 12.4. The molecule has 0 atom stereocenters. The molecule has 1 aliphatic rings. The Bertz CT molecular complexity index is 986. The van der Waals surface area contributed by atoms with Crippen molar-refractivity contribution in [2.75, 3.05) is 0 Å². The van der Waals surface area contributed by atoms with Crippen LogP contribution < -0.4 is 5.69 Å². The van der Waals surface area contributed by atoms with Gasteiger partial charge < -0.3 is 0 Å². The Morgan fingerprint density at radius 1 is 1.13 bits per heavy atom. The average molecular weight is 416 g/mol. The molecule has 0 unspecified atom stereocenters. The molecule has 23 heavy (non-hydrogen) atoms. The van der Waals surface area contributed by atoms with Crippen LogP contribution in [0.3, 0.4) is 0 Å². The molecule has 1 aromatic heterocycles. The van der Waals surface area contributed by atoms with E-state index in [0.717, 1.165) is 26.1 Å². The molecule has 3 aromatic rings. The number of hydrogen-bond acceptors (Lipinski definition) is 3. The lowest BCUT2D eigenvalue weighted by molar-refractivity contribution is 0.717. The molecule has 6 heteroatoms. The standard InChI is InChI=1S/C17H13IN4O/c1-21-17(23)22-14-8-7-12(18)9-13(14)16(19-10-15(22)20-21)11-5-3-2-4-6-11/h2-9H,10H2,1H3. The van der Waals surface area contributed by atoms with Gasteiger partial charge in [0.05, 0.1) is 11.4 Å². The van der Waals surface area contributed by atoms with Gasteiger partial charge in [0.15, 0.2) is 5.82 Å². The minimum absolute atomic E-state index is 0.146. The molecule has 1 aliphatic heterocycles. The van der Waals surface area contributed by atoms with Gasteiger partial charge in [-0.15, -0.1) is 0 Å². The van der Waals surface area contributed by atoms with Gasteiger partial charge in [0.1, 0.15) is 6.54 Å². The van der Waals surface area contributed by atoms with Crippen LogP contribution in [0.25, 0.3) is 5.69 Å². The summed E-state index contributed by atoms with van der Waals surface area (Å²) in [7, 11) is 1.66. The molecule has 114 valence electrons. The van der Waals surface area contributed by atoms with Gasteiger partial charge in [0, 0.05) is 21.7 Å². The maximum absolute atomic E-state index is 12.5. The number of aromatic nitrogens is 3. The summed E-state index contributed by atoms with van der Waals surface area (Å²) < 4.78 is 4.12. The summed E-state index contributed by atoms with van der Waals surface area (Å²) >= 11 is 2.28. The fourth-order valence-electron chi connectivity index (χ4n) is 2.83. The summed E-state index contributed by atoms with van der Waals surface area (Å²) in [5.41, 5.74) is 3.58. The summed E-state index contributed by atoms with van der Waals surface area (Å²) in [6.07, 6.45) is 0. The number of nitrogens with zero attached hydrogens (tertiary/aromatic N) is 4. The van der Waals surface area contributed by atoms with Crippen LogP contribution in [0.1, 0.15) is 17.0 Å². The third kappa shape index (κ3) is 2.33. The van der Waals surface area contributed by atoms with E-state index in [-0.39, 0.29) is 5.69 Å². The maximum Gasteiger partial charge on any atom is 0.350 e.